The average Bonchev–Trinajstić information content (AvgIpc) is 3.18. The van der Waals surface area contributed by atoms with Crippen molar-refractivity contribution in [2.45, 2.75) is 17.6 Å². The first-order chi connectivity index (χ1) is 13.6. The van der Waals surface area contributed by atoms with E-state index in [2.05, 4.69) is 15.0 Å². The largest absolute Gasteiger partial charge is 0.416 e. The summed E-state index contributed by atoms with van der Waals surface area (Å²) < 4.78 is 64.7. The SMILES string of the molecule is O=C(NCc1ccc(C(F)(F)F)cc1)c1ccc(S(=O)(=O)NC2=NCCS2)cc1. The molecular formula is C18H16F3N3O3S2. The molecule has 1 aliphatic rings. The molecule has 2 aromatic carbocycles. The van der Waals surface area contributed by atoms with Gasteiger partial charge in [-0.3, -0.25) is 14.5 Å². The third kappa shape index (κ3) is 5.51. The van der Waals surface area contributed by atoms with Crippen molar-refractivity contribution in [3.63, 3.8) is 0 Å². The molecule has 1 aliphatic heterocycles. The average molecular weight is 443 g/mol. The van der Waals surface area contributed by atoms with Crippen LogP contribution in [0.1, 0.15) is 21.5 Å². The minimum atomic E-state index is -4.41. The Hall–Kier alpha value is -2.53. The van der Waals surface area contributed by atoms with Gasteiger partial charge in [0.15, 0.2) is 5.17 Å². The molecule has 0 unspecified atom stereocenters. The molecular weight excluding hydrogens is 427 g/mol. The Morgan fingerprint density at radius 2 is 1.72 bits per heavy atom. The summed E-state index contributed by atoms with van der Waals surface area (Å²) in [7, 11) is -3.78. The second-order valence-corrected chi connectivity index (χ2v) is 8.81. The number of thioether (sulfide) groups is 1. The summed E-state index contributed by atoms with van der Waals surface area (Å²) >= 11 is 1.31. The number of benzene rings is 2. The van der Waals surface area contributed by atoms with E-state index in [1.807, 2.05) is 0 Å². The highest BCUT2D eigenvalue weighted by atomic mass is 32.2. The maximum absolute atomic E-state index is 12.6. The van der Waals surface area contributed by atoms with Gasteiger partial charge >= 0.3 is 6.18 Å². The van der Waals surface area contributed by atoms with Crippen molar-refractivity contribution in [2.75, 3.05) is 12.3 Å². The number of halogens is 3. The molecule has 1 amide bonds. The minimum Gasteiger partial charge on any atom is -0.348 e. The van der Waals surface area contributed by atoms with Crippen molar-refractivity contribution in [3.8, 4) is 0 Å². The summed E-state index contributed by atoms with van der Waals surface area (Å²) in [6.45, 7) is 0.593. The van der Waals surface area contributed by atoms with Crippen LogP contribution in [0.3, 0.4) is 0 Å². The summed E-state index contributed by atoms with van der Waals surface area (Å²) in [4.78, 5) is 16.2. The molecule has 3 rings (SSSR count). The third-order valence-electron chi connectivity index (χ3n) is 3.97. The van der Waals surface area contributed by atoms with E-state index in [0.717, 1.165) is 17.9 Å². The quantitative estimate of drug-likeness (QED) is 0.744. The molecule has 0 aromatic heterocycles. The normalized spacial score (nSPS) is 14.4. The Morgan fingerprint density at radius 3 is 2.28 bits per heavy atom. The van der Waals surface area contributed by atoms with Gasteiger partial charge in [0.25, 0.3) is 15.9 Å². The van der Waals surface area contributed by atoms with E-state index in [0.29, 0.717) is 17.3 Å². The maximum Gasteiger partial charge on any atom is 0.416 e. The molecule has 154 valence electrons. The summed E-state index contributed by atoms with van der Waals surface area (Å²) in [6, 6.07) is 9.79. The fraction of sp³-hybridized carbons (Fsp3) is 0.222. The number of amides is 1. The number of aliphatic imine (C=N–C) groups is 1. The molecule has 0 saturated heterocycles. The van der Waals surface area contributed by atoms with Crippen molar-refractivity contribution in [1.29, 1.82) is 0 Å². The zero-order valence-electron chi connectivity index (χ0n) is 14.9. The predicted octanol–water partition coefficient (Wildman–Crippen LogP) is 3.02. The number of rotatable bonds is 5. The highest BCUT2D eigenvalue weighted by molar-refractivity contribution is 8.15. The molecule has 0 bridgehead atoms. The van der Waals surface area contributed by atoms with E-state index in [4.69, 9.17) is 0 Å². The molecule has 6 nitrogen and oxygen atoms in total. The lowest BCUT2D eigenvalue weighted by Crippen LogP contribution is -2.27. The van der Waals surface area contributed by atoms with E-state index < -0.39 is 27.7 Å². The van der Waals surface area contributed by atoms with E-state index in [-0.39, 0.29) is 17.0 Å². The van der Waals surface area contributed by atoms with Crippen LogP contribution in [0.2, 0.25) is 0 Å². The zero-order chi connectivity index (χ0) is 21.1. The molecule has 0 spiro atoms. The predicted molar refractivity (Wildman–Crippen MR) is 104 cm³/mol. The molecule has 2 N–H and O–H groups in total. The summed E-state index contributed by atoms with van der Waals surface area (Å²) in [6.07, 6.45) is -4.41. The van der Waals surface area contributed by atoms with Crippen LogP contribution in [-0.4, -0.2) is 31.8 Å². The van der Waals surface area contributed by atoms with Crippen molar-refractivity contribution in [2.24, 2.45) is 4.99 Å². The number of nitrogens with one attached hydrogen (secondary N) is 2. The number of carbonyl (C=O) groups excluding carboxylic acids is 1. The summed E-state index contributed by atoms with van der Waals surface area (Å²) in [5.74, 6) is 0.244. The number of hydrogen-bond donors (Lipinski definition) is 2. The van der Waals surface area contributed by atoms with Crippen LogP contribution in [0.4, 0.5) is 13.2 Å². The third-order valence-corrected chi connectivity index (χ3v) is 6.34. The number of carbonyl (C=O) groups is 1. The molecule has 0 fully saturated rings. The van der Waals surface area contributed by atoms with Gasteiger partial charge in [-0.05, 0) is 42.0 Å². The Balaban J connectivity index is 1.60. The number of nitrogens with zero attached hydrogens (tertiary/aromatic N) is 1. The van der Waals surface area contributed by atoms with E-state index in [1.165, 1.54) is 48.2 Å². The summed E-state index contributed by atoms with van der Waals surface area (Å²) in [5, 5.41) is 2.92. The van der Waals surface area contributed by atoms with Crippen LogP contribution in [0.25, 0.3) is 0 Å². The molecule has 0 saturated carbocycles. The molecule has 29 heavy (non-hydrogen) atoms. The highest BCUT2D eigenvalue weighted by Gasteiger charge is 2.29. The van der Waals surface area contributed by atoms with Crippen LogP contribution in [0.5, 0.6) is 0 Å². The van der Waals surface area contributed by atoms with Gasteiger partial charge in [0.05, 0.1) is 17.0 Å². The Bertz CT molecular complexity index is 1020. The minimum absolute atomic E-state index is 0.00742. The lowest BCUT2D eigenvalue weighted by molar-refractivity contribution is -0.137. The Labute approximate surface area is 169 Å². The maximum atomic E-state index is 12.6. The van der Waals surface area contributed by atoms with Crippen LogP contribution >= 0.6 is 11.8 Å². The first kappa shape index (κ1) is 21.2. The Morgan fingerprint density at radius 1 is 1.07 bits per heavy atom. The second kappa shape index (κ2) is 8.46. The number of sulfonamides is 1. The molecule has 0 aliphatic carbocycles. The summed E-state index contributed by atoms with van der Waals surface area (Å²) in [5.41, 5.74) is -0.0343. The fourth-order valence-corrected chi connectivity index (χ4v) is 4.48. The second-order valence-electron chi connectivity index (χ2n) is 6.04. The topological polar surface area (TPSA) is 87.6 Å². The number of amidine groups is 1. The first-order valence-corrected chi connectivity index (χ1v) is 10.9. The monoisotopic (exact) mass is 443 g/mol. The Kier molecular flexibility index (Phi) is 6.18. The van der Waals surface area contributed by atoms with Gasteiger partial charge in [0.1, 0.15) is 0 Å². The zero-order valence-corrected chi connectivity index (χ0v) is 16.5. The van der Waals surface area contributed by atoms with Crippen LogP contribution < -0.4 is 10.0 Å². The lowest BCUT2D eigenvalue weighted by Gasteiger charge is -2.10. The number of alkyl halides is 3. The smallest absolute Gasteiger partial charge is 0.348 e. The van der Waals surface area contributed by atoms with Crippen molar-refractivity contribution in [3.05, 3.63) is 65.2 Å². The van der Waals surface area contributed by atoms with E-state index >= 15 is 0 Å². The van der Waals surface area contributed by atoms with Crippen molar-refractivity contribution in [1.82, 2.24) is 10.0 Å². The van der Waals surface area contributed by atoms with E-state index in [9.17, 15) is 26.4 Å². The standard InChI is InChI=1S/C18H16F3N3O3S2/c19-18(20,21)14-5-1-12(2-6-14)11-23-16(25)13-3-7-15(8-4-13)29(26,27)24-17-22-9-10-28-17/h1-8H,9-11H2,(H,22,24)(H,23,25). The van der Waals surface area contributed by atoms with E-state index in [1.54, 1.807) is 0 Å². The molecule has 0 atom stereocenters. The molecule has 11 heteroatoms. The van der Waals surface area contributed by atoms with Gasteiger partial charge in [0.2, 0.25) is 0 Å². The van der Waals surface area contributed by atoms with Crippen LogP contribution in [-0.2, 0) is 22.7 Å². The van der Waals surface area contributed by atoms with Crippen molar-refractivity contribution < 1.29 is 26.4 Å². The van der Waals surface area contributed by atoms with Gasteiger partial charge < -0.3 is 5.32 Å². The van der Waals surface area contributed by atoms with Crippen LogP contribution in [0.15, 0.2) is 58.4 Å². The van der Waals surface area contributed by atoms with Crippen molar-refractivity contribution >= 4 is 32.9 Å². The van der Waals surface area contributed by atoms with Gasteiger partial charge in [-0.2, -0.15) is 13.2 Å². The number of hydrogen-bond acceptors (Lipinski definition) is 5. The fourth-order valence-electron chi connectivity index (χ4n) is 2.45. The molecule has 0 radical (unpaired) electrons. The van der Waals surface area contributed by atoms with Gasteiger partial charge in [-0.15, -0.1) is 0 Å². The molecule has 2 aromatic rings. The molecule has 1 heterocycles. The van der Waals surface area contributed by atoms with Gasteiger partial charge in [-0.25, -0.2) is 8.42 Å². The van der Waals surface area contributed by atoms with Crippen LogP contribution in [0, 0.1) is 0 Å². The lowest BCUT2D eigenvalue weighted by atomic mass is 10.1. The van der Waals surface area contributed by atoms with Gasteiger partial charge in [-0.1, -0.05) is 23.9 Å². The highest BCUT2D eigenvalue weighted by Crippen LogP contribution is 2.29. The van der Waals surface area contributed by atoms with Gasteiger partial charge in [0, 0.05) is 17.9 Å². The first-order valence-electron chi connectivity index (χ1n) is 8.40.